The molecule has 3 aliphatic rings. The lowest BCUT2D eigenvalue weighted by atomic mass is 10.2. The van der Waals surface area contributed by atoms with Gasteiger partial charge in [0.1, 0.15) is 41.7 Å². The van der Waals surface area contributed by atoms with Gasteiger partial charge in [0.25, 0.3) is 0 Å². The molecule has 0 amide bonds. The molecule has 7 aromatic carbocycles. The van der Waals surface area contributed by atoms with E-state index in [0.29, 0.717) is 76.5 Å². The SMILES string of the molecule is CC(C)(C)[Si](C)(C)OCCn1cnc2c(-n3cnc4ccccc43)nc(N3CCN(c4ccc(O)cc4)CC3)nc21.CCCn1cnc2c(-n3cnc4ccccc43)nc(Cl)nc21.CCCn1cnc2c(Cl)nc(Cl)nc21.Cl.OCCn1cnc2c(-n3cnc4ccccc43)nc(N3CCN(c4ccc(O)cc4)CC3)nc21.Oc1ccc(N2CCNCC2)cc1.c1ccc2[nH]cnc2c1. The maximum absolute atomic E-state index is 9.67. The first-order valence-corrected chi connectivity index (χ1v) is 48.3. The first kappa shape index (κ1) is 93.5. The van der Waals surface area contributed by atoms with E-state index in [2.05, 4.69) is 148 Å². The number of phenolic OH excluding ortho intramolecular Hbond substituents is 3. The standard InChI is InChI=1S/C30H38N8O2Si.C24H24N8O2.C15H13ClN6.C10H14N2O.C8H8Cl2N4.C7H6N2.ClH/c1-30(2,3)41(4,5)40-19-18-37-20-32-26-27(37)33-29(34-28(26)38-21-31-24-8-6-7-9-25(24)38)36-16-14-35(15-17-36)22-10-12-23(39)13-11-22;33-14-13-31-15-26-21-22(31)27-24(28-23(21)32-16-25-19-3-1-2-4-20(19)32)30-11-9-29(10-12-30)17-5-7-18(34)8-6-17;1-2-7-21-8-18-12-13(21)19-15(16)20-14(12)22-9-17-10-5-3-4-6-11(10)22;13-10-3-1-9(2-4-10)12-7-5-11-6-8-12;1-2-3-14-4-11-5-6(9)12-8(10)13-7(5)14;1-2-4-7-6(3-1)8-5-9-7;/h6-13,20-21,39H,14-19H2,1-5H3;1-8,15-16,33-34H,9-14H2;3-6,8-9H,2,7H2,1H3;1-4,11,13H,5-8H2;4H,2-3H2,1H3;1-5H,(H,8,9);1H. The minimum absolute atomic E-state index is 0. The molecule has 692 valence electrons. The van der Waals surface area contributed by atoms with Crippen LogP contribution in [-0.2, 0) is 30.6 Å². The summed E-state index contributed by atoms with van der Waals surface area (Å²) in [4.78, 5) is 86.5. The summed E-state index contributed by atoms with van der Waals surface area (Å²) in [5.41, 5.74) is 16.7. The Morgan fingerprint density at radius 3 is 1.16 bits per heavy atom. The van der Waals surface area contributed by atoms with Gasteiger partial charge in [-0.05, 0) is 176 Å². The summed E-state index contributed by atoms with van der Waals surface area (Å²) in [6.45, 7) is 29.4. The molecule has 40 heteroatoms. The molecular weight excluding hydrogens is 1800 g/mol. The monoisotopic (exact) mass is 1900 g/mol. The van der Waals surface area contributed by atoms with Crippen LogP contribution in [0.1, 0.15) is 47.5 Å². The van der Waals surface area contributed by atoms with Gasteiger partial charge in [0, 0.05) is 122 Å². The number of piperazine rings is 3. The molecule has 0 radical (unpaired) electrons. The van der Waals surface area contributed by atoms with E-state index in [4.69, 9.17) is 69.3 Å². The fraction of sp³-hybridized carbons (Fsp3) is 0.298. The van der Waals surface area contributed by atoms with E-state index in [1.165, 1.54) is 5.69 Å². The third-order valence-electron chi connectivity index (χ3n) is 23.8. The van der Waals surface area contributed by atoms with Crippen molar-refractivity contribution in [1.82, 2.24) is 122 Å². The van der Waals surface area contributed by atoms with Gasteiger partial charge >= 0.3 is 0 Å². The van der Waals surface area contributed by atoms with Crippen LogP contribution < -0.4 is 29.8 Å². The molecule has 35 nitrogen and oxygen atoms in total. The van der Waals surface area contributed by atoms with Crippen LogP contribution in [0.4, 0.5) is 29.0 Å². The van der Waals surface area contributed by atoms with E-state index < -0.39 is 8.32 Å². The number of para-hydroxylation sites is 8. The van der Waals surface area contributed by atoms with Crippen molar-refractivity contribution < 1.29 is 24.9 Å². The molecule has 0 bridgehead atoms. The van der Waals surface area contributed by atoms with Gasteiger partial charge in [-0.1, -0.05) is 94.8 Å². The van der Waals surface area contributed by atoms with Crippen molar-refractivity contribution >= 4 is 173 Å². The van der Waals surface area contributed by atoms with E-state index >= 15 is 0 Å². The summed E-state index contributed by atoms with van der Waals surface area (Å²) in [5.74, 6) is 4.24. The lowest BCUT2D eigenvalue weighted by Crippen LogP contribution is -2.47. The van der Waals surface area contributed by atoms with Crippen LogP contribution in [-0.4, -0.2) is 237 Å². The first-order valence-electron chi connectivity index (χ1n) is 44.3. The van der Waals surface area contributed by atoms with Crippen molar-refractivity contribution in [3.8, 4) is 34.7 Å². The predicted molar refractivity (Wildman–Crippen MR) is 533 cm³/mol. The van der Waals surface area contributed by atoms with Gasteiger partial charge in [-0.25, -0.2) is 44.9 Å². The number of imidazole rings is 8. The number of nitrogens with zero attached hydrogens (tertiary/aromatic N) is 28. The van der Waals surface area contributed by atoms with Crippen LogP contribution in [0.5, 0.6) is 17.2 Å². The van der Waals surface area contributed by atoms with E-state index in [0.717, 1.165) is 188 Å². The summed E-state index contributed by atoms with van der Waals surface area (Å²) in [6.07, 6.45) is 16.1. The Labute approximate surface area is 794 Å². The third kappa shape index (κ3) is 21.0. The van der Waals surface area contributed by atoms with Crippen LogP contribution in [0.2, 0.25) is 33.9 Å². The van der Waals surface area contributed by atoms with E-state index in [1.807, 2.05) is 167 Å². The fourth-order valence-corrected chi connectivity index (χ4v) is 17.4. The van der Waals surface area contributed by atoms with Crippen LogP contribution in [0.15, 0.2) is 220 Å². The van der Waals surface area contributed by atoms with E-state index in [9.17, 15) is 15.3 Å². The van der Waals surface area contributed by atoms with Crippen LogP contribution in [0, 0.1) is 0 Å². The molecule has 0 saturated carbocycles. The quantitative estimate of drug-likeness (QED) is 0.0264. The van der Waals surface area contributed by atoms with Crippen molar-refractivity contribution in [3.63, 3.8) is 0 Å². The third-order valence-corrected chi connectivity index (χ3v) is 29.0. The molecule has 22 rings (SSSR count). The second kappa shape index (κ2) is 42.0. The summed E-state index contributed by atoms with van der Waals surface area (Å²) < 4.78 is 20.2. The number of aliphatic hydroxyl groups excluding tert-OH is 1. The summed E-state index contributed by atoms with van der Waals surface area (Å²) >= 11 is 17.7. The van der Waals surface area contributed by atoms with Gasteiger partial charge in [0.05, 0.1) is 89.0 Å². The molecule has 3 aliphatic heterocycles. The number of fused-ring (bicyclic) bond motifs is 8. The van der Waals surface area contributed by atoms with Crippen LogP contribution in [0.3, 0.4) is 0 Å². The highest BCUT2D eigenvalue weighted by atomic mass is 35.5. The molecule has 19 aromatic rings. The number of hydrogen-bond acceptors (Lipinski definition) is 27. The van der Waals surface area contributed by atoms with Crippen molar-refractivity contribution in [2.45, 2.75) is 91.8 Å². The zero-order valence-electron chi connectivity index (χ0n) is 75.2. The number of aliphatic hydroxyl groups is 1. The molecule has 134 heavy (non-hydrogen) atoms. The minimum Gasteiger partial charge on any atom is -0.508 e. The summed E-state index contributed by atoms with van der Waals surface area (Å²) in [7, 11) is -1.87. The number of aromatic amines is 1. The largest absolute Gasteiger partial charge is 0.508 e. The number of phenols is 3. The summed E-state index contributed by atoms with van der Waals surface area (Å²) in [6, 6.07) is 53.9. The topological polar surface area (TPSA) is 375 Å². The van der Waals surface area contributed by atoms with Gasteiger partial charge in [0.15, 0.2) is 70.1 Å². The molecule has 15 heterocycles. The van der Waals surface area contributed by atoms with Crippen LogP contribution in [0.25, 0.3) is 106 Å². The number of halogens is 4. The molecule has 0 unspecified atom stereocenters. The maximum atomic E-state index is 9.67. The molecule has 0 atom stereocenters. The van der Waals surface area contributed by atoms with Crippen molar-refractivity contribution in [2.75, 3.05) is 116 Å². The number of aromatic hydroxyl groups is 3. The van der Waals surface area contributed by atoms with Crippen molar-refractivity contribution in [1.29, 1.82) is 0 Å². The Hall–Kier alpha value is -13.7. The first-order chi connectivity index (χ1) is 64.6. The van der Waals surface area contributed by atoms with E-state index in [-0.39, 0.29) is 46.1 Å². The fourth-order valence-electron chi connectivity index (χ4n) is 15.8. The van der Waals surface area contributed by atoms with Crippen molar-refractivity contribution in [2.24, 2.45) is 0 Å². The minimum atomic E-state index is -1.87. The maximum Gasteiger partial charge on any atom is 0.229 e. The van der Waals surface area contributed by atoms with Gasteiger partial charge in [-0.15, -0.1) is 12.4 Å². The Balaban J connectivity index is 0.000000125. The highest BCUT2D eigenvalue weighted by molar-refractivity contribution is 6.74. The number of H-pyrrole nitrogens is 1. The Kier molecular flexibility index (Phi) is 29.3. The van der Waals surface area contributed by atoms with Crippen LogP contribution >= 0.6 is 47.2 Å². The predicted octanol–water partition coefficient (Wildman–Crippen LogP) is 16.0. The molecule has 12 aromatic heterocycles. The number of hydrogen-bond donors (Lipinski definition) is 6. The molecular formula is C94H104Cl4N30O5Si. The molecule has 3 saturated heterocycles. The number of nitrogens with one attached hydrogen (secondary N) is 2. The highest BCUT2D eigenvalue weighted by Gasteiger charge is 2.37. The number of benzene rings is 7. The van der Waals surface area contributed by atoms with Gasteiger partial charge in [-0.2, -0.15) is 34.9 Å². The highest BCUT2D eigenvalue weighted by Crippen LogP contribution is 2.38. The lowest BCUT2D eigenvalue weighted by molar-refractivity contribution is 0.273. The second-order valence-corrected chi connectivity index (χ2v) is 39.4. The number of aryl methyl sites for hydroxylation is 2. The Morgan fingerprint density at radius 1 is 0.381 bits per heavy atom. The number of rotatable bonds is 18. The zero-order valence-corrected chi connectivity index (χ0v) is 79.3. The zero-order chi connectivity index (χ0) is 92.3. The number of aromatic nitrogens is 24. The van der Waals surface area contributed by atoms with Gasteiger partial charge < -0.3 is 77.9 Å². The Morgan fingerprint density at radius 2 is 0.739 bits per heavy atom. The van der Waals surface area contributed by atoms with Crippen molar-refractivity contribution in [3.05, 3.63) is 236 Å². The molecule has 3 fully saturated rings. The second-order valence-electron chi connectivity index (χ2n) is 33.5. The number of anilines is 5. The smallest absolute Gasteiger partial charge is 0.229 e. The summed E-state index contributed by atoms with van der Waals surface area (Å²) in [5, 5.41) is 42.0. The Bertz CT molecular complexity index is 7130. The average Bonchev–Trinajstić information content (AvgIpc) is 1.60. The molecule has 0 spiro atoms. The molecule has 0 aliphatic carbocycles. The lowest BCUT2D eigenvalue weighted by Gasteiger charge is -2.36. The normalized spacial score (nSPS) is 13.6. The van der Waals surface area contributed by atoms with E-state index in [1.54, 1.807) is 74.4 Å². The average molecular weight is 1900 g/mol. The van der Waals surface area contributed by atoms with Gasteiger partial charge in [-0.3, -0.25) is 13.7 Å². The van der Waals surface area contributed by atoms with Gasteiger partial charge in [0.2, 0.25) is 22.5 Å². The molecule has 6 N–H and O–H groups in total.